The first-order valence-corrected chi connectivity index (χ1v) is 10.6. The van der Waals surface area contributed by atoms with E-state index in [1.54, 1.807) is 7.11 Å². The van der Waals surface area contributed by atoms with E-state index in [0.29, 0.717) is 19.8 Å². The van der Waals surface area contributed by atoms with Gasteiger partial charge in [-0.1, -0.05) is 72.8 Å². The van der Waals surface area contributed by atoms with Crippen molar-refractivity contribution in [3.63, 3.8) is 0 Å². The summed E-state index contributed by atoms with van der Waals surface area (Å²) in [5.74, 6) is 1.75. The Hall–Kier alpha value is -3.08. The van der Waals surface area contributed by atoms with Crippen LogP contribution in [-0.4, -0.2) is 25.9 Å². The van der Waals surface area contributed by atoms with Gasteiger partial charge in [0, 0.05) is 6.42 Å². The Kier molecular flexibility index (Phi) is 7.37. The number of ether oxygens (including phenoxy) is 4. The summed E-state index contributed by atoms with van der Waals surface area (Å²) in [5.41, 5.74) is 3.37. The van der Waals surface area contributed by atoms with Gasteiger partial charge in [-0.05, 0) is 34.9 Å². The standard InChI is InChI=1S/C27H28O4/c1-28-24-14-12-21(13-15-24)16-25-17-26(30-19-23-10-6-3-7-11-23)27(31-25)20-29-18-22-8-4-2-5-9-22/h2-16,26-27H,17-20H2,1H3/b25-16-/t26-,27+/m0/s1. The normalized spacial score (nSPS) is 19.3. The summed E-state index contributed by atoms with van der Waals surface area (Å²) in [6, 6.07) is 28.3. The summed E-state index contributed by atoms with van der Waals surface area (Å²) in [4.78, 5) is 0. The Labute approximate surface area is 184 Å². The lowest BCUT2D eigenvalue weighted by Crippen LogP contribution is -2.29. The van der Waals surface area contributed by atoms with Crippen molar-refractivity contribution in [1.29, 1.82) is 0 Å². The van der Waals surface area contributed by atoms with Crippen LogP contribution in [0.4, 0.5) is 0 Å². The highest BCUT2D eigenvalue weighted by atomic mass is 16.6. The molecule has 2 atom stereocenters. The Morgan fingerprint density at radius 2 is 1.48 bits per heavy atom. The molecule has 0 aliphatic carbocycles. The second kappa shape index (κ2) is 10.8. The molecule has 0 saturated carbocycles. The third kappa shape index (κ3) is 6.20. The van der Waals surface area contributed by atoms with Gasteiger partial charge >= 0.3 is 0 Å². The number of benzene rings is 3. The molecule has 0 radical (unpaired) electrons. The minimum Gasteiger partial charge on any atom is -0.497 e. The molecule has 1 fully saturated rings. The van der Waals surface area contributed by atoms with Crippen LogP contribution in [0.25, 0.3) is 6.08 Å². The largest absolute Gasteiger partial charge is 0.497 e. The zero-order valence-corrected chi connectivity index (χ0v) is 17.8. The molecule has 0 N–H and O–H groups in total. The molecule has 0 unspecified atom stereocenters. The summed E-state index contributed by atoms with van der Waals surface area (Å²) < 4.78 is 23.7. The van der Waals surface area contributed by atoms with Gasteiger partial charge in [-0.25, -0.2) is 0 Å². The zero-order chi connectivity index (χ0) is 21.3. The molecular weight excluding hydrogens is 388 g/mol. The van der Waals surface area contributed by atoms with Crippen LogP contribution in [0.5, 0.6) is 5.75 Å². The highest BCUT2D eigenvalue weighted by Crippen LogP contribution is 2.29. The highest BCUT2D eigenvalue weighted by molar-refractivity contribution is 5.53. The highest BCUT2D eigenvalue weighted by Gasteiger charge is 2.33. The van der Waals surface area contributed by atoms with Gasteiger partial charge in [-0.3, -0.25) is 0 Å². The molecule has 0 amide bonds. The average Bonchev–Trinajstić information content (AvgIpc) is 3.21. The fourth-order valence-electron chi connectivity index (χ4n) is 3.58. The van der Waals surface area contributed by atoms with Crippen molar-refractivity contribution in [2.75, 3.05) is 13.7 Å². The topological polar surface area (TPSA) is 36.9 Å². The molecule has 1 aliphatic rings. The van der Waals surface area contributed by atoms with E-state index in [0.717, 1.165) is 34.6 Å². The molecule has 1 aliphatic heterocycles. The molecule has 4 rings (SSSR count). The first-order chi connectivity index (χ1) is 15.3. The molecule has 4 heteroatoms. The van der Waals surface area contributed by atoms with E-state index in [1.807, 2.05) is 60.7 Å². The Morgan fingerprint density at radius 1 is 0.839 bits per heavy atom. The third-order valence-electron chi connectivity index (χ3n) is 5.26. The second-order valence-electron chi connectivity index (χ2n) is 7.58. The Bertz CT molecular complexity index is 952. The zero-order valence-electron chi connectivity index (χ0n) is 17.8. The van der Waals surface area contributed by atoms with Crippen molar-refractivity contribution in [2.45, 2.75) is 31.8 Å². The van der Waals surface area contributed by atoms with E-state index in [4.69, 9.17) is 18.9 Å². The Balaban J connectivity index is 1.40. The lowest BCUT2D eigenvalue weighted by molar-refractivity contribution is -0.0528. The van der Waals surface area contributed by atoms with Gasteiger partial charge in [-0.15, -0.1) is 0 Å². The van der Waals surface area contributed by atoms with E-state index in [9.17, 15) is 0 Å². The predicted octanol–water partition coefficient (Wildman–Crippen LogP) is 5.63. The second-order valence-corrected chi connectivity index (χ2v) is 7.58. The van der Waals surface area contributed by atoms with Gasteiger partial charge in [0.25, 0.3) is 0 Å². The number of rotatable bonds is 9. The van der Waals surface area contributed by atoms with Gasteiger partial charge in [0.05, 0.1) is 32.7 Å². The van der Waals surface area contributed by atoms with Crippen LogP contribution >= 0.6 is 0 Å². The number of methoxy groups -OCH3 is 1. The van der Waals surface area contributed by atoms with Gasteiger partial charge < -0.3 is 18.9 Å². The molecule has 0 bridgehead atoms. The fraction of sp³-hybridized carbons (Fsp3) is 0.259. The Morgan fingerprint density at radius 3 is 2.13 bits per heavy atom. The van der Waals surface area contributed by atoms with Gasteiger partial charge in [0.2, 0.25) is 0 Å². The van der Waals surface area contributed by atoms with Crippen LogP contribution in [0.3, 0.4) is 0 Å². The lowest BCUT2D eigenvalue weighted by atomic mass is 10.1. The molecule has 0 aromatic heterocycles. The molecule has 3 aromatic rings. The summed E-state index contributed by atoms with van der Waals surface area (Å²) in [6.45, 7) is 1.60. The van der Waals surface area contributed by atoms with Crippen LogP contribution < -0.4 is 4.74 Å². The van der Waals surface area contributed by atoms with Crippen molar-refractivity contribution in [3.05, 3.63) is 107 Å². The fourth-order valence-corrected chi connectivity index (χ4v) is 3.58. The van der Waals surface area contributed by atoms with Crippen LogP contribution in [-0.2, 0) is 27.4 Å². The van der Waals surface area contributed by atoms with Crippen molar-refractivity contribution >= 4 is 6.08 Å². The predicted molar refractivity (Wildman–Crippen MR) is 122 cm³/mol. The summed E-state index contributed by atoms with van der Waals surface area (Å²) in [6.07, 6.45) is 2.59. The van der Waals surface area contributed by atoms with Gasteiger partial charge in [0.1, 0.15) is 18.0 Å². The minimum absolute atomic E-state index is 0.0551. The summed E-state index contributed by atoms with van der Waals surface area (Å²) in [5, 5.41) is 0. The molecule has 3 aromatic carbocycles. The molecule has 1 heterocycles. The maximum atomic E-state index is 6.24. The van der Waals surface area contributed by atoms with E-state index in [2.05, 4.69) is 30.3 Å². The van der Waals surface area contributed by atoms with Crippen molar-refractivity contribution in [2.24, 2.45) is 0 Å². The van der Waals surface area contributed by atoms with E-state index < -0.39 is 0 Å². The monoisotopic (exact) mass is 416 g/mol. The third-order valence-corrected chi connectivity index (χ3v) is 5.26. The molecule has 31 heavy (non-hydrogen) atoms. The van der Waals surface area contributed by atoms with E-state index >= 15 is 0 Å². The van der Waals surface area contributed by atoms with Crippen LogP contribution in [0.2, 0.25) is 0 Å². The SMILES string of the molecule is COc1ccc(/C=C2/C[C@H](OCc3ccccc3)[C@@H](COCc3ccccc3)O2)cc1. The van der Waals surface area contributed by atoms with Gasteiger partial charge in [-0.2, -0.15) is 0 Å². The van der Waals surface area contributed by atoms with Crippen LogP contribution in [0.15, 0.2) is 90.7 Å². The first-order valence-electron chi connectivity index (χ1n) is 10.6. The number of hydrogen-bond donors (Lipinski definition) is 0. The summed E-state index contributed by atoms with van der Waals surface area (Å²) >= 11 is 0. The van der Waals surface area contributed by atoms with Gasteiger partial charge in [0.15, 0.2) is 0 Å². The number of hydrogen-bond acceptors (Lipinski definition) is 4. The van der Waals surface area contributed by atoms with E-state index in [1.165, 1.54) is 0 Å². The van der Waals surface area contributed by atoms with Crippen molar-refractivity contribution in [1.82, 2.24) is 0 Å². The minimum atomic E-state index is -0.142. The molecule has 0 spiro atoms. The maximum Gasteiger partial charge on any atom is 0.148 e. The van der Waals surface area contributed by atoms with Crippen molar-refractivity contribution in [3.8, 4) is 5.75 Å². The average molecular weight is 417 g/mol. The van der Waals surface area contributed by atoms with Crippen LogP contribution in [0, 0.1) is 0 Å². The quantitative estimate of drug-likeness (QED) is 0.453. The molecule has 1 saturated heterocycles. The van der Waals surface area contributed by atoms with Crippen molar-refractivity contribution < 1.29 is 18.9 Å². The molecular formula is C27H28O4. The smallest absolute Gasteiger partial charge is 0.148 e. The lowest BCUT2D eigenvalue weighted by Gasteiger charge is -2.19. The van der Waals surface area contributed by atoms with E-state index in [-0.39, 0.29) is 12.2 Å². The maximum absolute atomic E-state index is 6.24. The summed E-state index contributed by atoms with van der Waals surface area (Å²) in [7, 11) is 1.67. The first kappa shape index (κ1) is 21.2. The van der Waals surface area contributed by atoms with Crippen LogP contribution in [0.1, 0.15) is 23.1 Å². The molecule has 4 nitrogen and oxygen atoms in total. The molecule has 160 valence electrons.